The molecule has 0 bridgehead atoms. The van der Waals surface area contributed by atoms with Crippen molar-refractivity contribution in [3.63, 3.8) is 0 Å². The van der Waals surface area contributed by atoms with Crippen molar-refractivity contribution in [1.82, 2.24) is 10.3 Å². The van der Waals surface area contributed by atoms with E-state index in [1.807, 2.05) is 30.3 Å². The second-order valence-electron chi connectivity index (χ2n) is 4.55. The van der Waals surface area contributed by atoms with E-state index < -0.39 is 10.0 Å². The van der Waals surface area contributed by atoms with E-state index in [1.165, 1.54) is 0 Å². The molecule has 0 aliphatic heterocycles. The summed E-state index contributed by atoms with van der Waals surface area (Å²) in [7, 11) is -3.58. The Kier molecular flexibility index (Phi) is 5.27. The third-order valence-corrected chi connectivity index (χ3v) is 4.30. The minimum Gasteiger partial charge on any atom is -0.236 e. The number of rotatable bonds is 7. The Morgan fingerprint density at radius 2 is 1.57 bits per heavy atom. The molecule has 0 saturated heterocycles. The van der Waals surface area contributed by atoms with E-state index in [-0.39, 0.29) is 10.9 Å². The maximum absolute atomic E-state index is 12.2. The fourth-order valence-electron chi connectivity index (χ4n) is 1.94. The van der Waals surface area contributed by atoms with Gasteiger partial charge in [-0.15, -0.1) is 11.4 Å². The van der Waals surface area contributed by atoms with Gasteiger partial charge in [0.25, 0.3) is 10.0 Å². The molecule has 2 aromatic rings. The predicted molar refractivity (Wildman–Crippen MR) is 83.9 cm³/mol. The molecule has 21 heavy (non-hydrogen) atoms. The van der Waals surface area contributed by atoms with Crippen LogP contribution >= 0.6 is 0 Å². The molecule has 0 aliphatic carbocycles. The molecule has 2 aromatic carbocycles. The van der Waals surface area contributed by atoms with Crippen molar-refractivity contribution in [2.24, 2.45) is 0 Å². The van der Waals surface area contributed by atoms with E-state index in [0.29, 0.717) is 6.42 Å². The van der Waals surface area contributed by atoms with Crippen molar-refractivity contribution >= 4 is 10.0 Å². The van der Waals surface area contributed by atoms with E-state index in [1.54, 1.807) is 36.4 Å². The van der Waals surface area contributed by atoms with Crippen LogP contribution in [0.2, 0.25) is 0 Å². The Hall–Kier alpha value is -1.95. The Morgan fingerprint density at radius 3 is 2.14 bits per heavy atom. The molecule has 110 valence electrons. The molecular formula is C16H18N2O2S. The second kappa shape index (κ2) is 7.17. The summed E-state index contributed by atoms with van der Waals surface area (Å²) in [5.74, 6) is 0. The van der Waals surface area contributed by atoms with E-state index in [9.17, 15) is 8.42 Å². The van der Waals surface area contributed by atoms with Gasteiger partial charge in [0.05, 0.1) is 10.9 Å². The molecule has 0 saturated carbocycles. The van der Waals surface area contributed by atoms with Gasteiger partial charge in [0.2, 0.25) is 0 Å². The van der Waals surface area contributed by atoms with Crippen molar-refractivity contribution in [1.29, 1.82) is 0 Å². The summed E-state index contributed by atoms with van der Waals surface area (Å²) in [6, 6.07) is 17.7. The summed E-state index contributed by atoms with van der Waals surface area (Å²) in [5, 5.41) is 0. The monoisotopic (exact) mass is 302 g/mol. The van der Waals surface area contributed by atoms with E-state index in [4.69, 9.17) is 0 Å². The van der Waals surface area contributed by atoms with Crippen LogP contribution in [0.15, 0.2) is 78.2 Å². The Bertz CT molecular complexity index is 670. The highest BCUT2D eigenvalue weighted by molar-refractivity contribution is 7.89. The second-order valence-corrected chi connectivity index (χ2v) is 6.23. The highest BCUT2D eigenvalue weighted by Crippen LogP contribution is 2.16. The number of sulfonamides is 1. The normalized spacial score (nSPS) is 12.8. The summed E-state index contributed by atoms with van der Waals surface area (Å²) in [6.07, 6.45) is 2.36. The van der Waals surface area contributed by atoms with Gasteiger partial charge in [0.15, 0.2) is 0 Å². The molecular weight excluding hydrogens is 284 g/mol. The fraction of sp³-hybridized carbons (Fsp3) is 0.125. The summed E-state index contributed by atoms with van der Waals surface area (Å²) in [6.45, 7) is 3.71. The molecule has 2 N–H and O–H groups in total. The largest absolute Gasteiger partial charge is 0.253 e. The predicted octanol–water partition coefficient (Wildman–Crippen LogP) is 2.79. The van der Waals surface area contributed by atoms with Crippen LogP contribution in [0.3, 0.4) is 0 Å². The average Bonchev–Trinajstić information content (AvgIpc) is 2.53. The Labute approximate surface area is 125 Å². The van der Waals surface area contributed by atoms with Crippen LogP contribution in [-0.2, 0) is 10.0 Å². The number of benzene rings is 2. The molecule has 2 rings (SSSR count). The van der Waals surface area contributed by atoms with Crippen molar-refractivity contribution in [3.8, 4) is 0 Å². The molecule has 0 heterocycles. The highest BCUT2D eigenvalue weighted by Gasteiger charge is 2.16. The minimum atomic E-state index is -3.58. The van der Waals surface area contributed by atoms with E-state index in [2.05, 4.69) is 16.8 Å². The zero-order valence-electron chi connectivity index (χ0n) is 11.6. The number of hydrazine groups is 1. The van der Waals surface area contributed by atoms with Crippen LogP contribution in [0.5, 0.6) is 0 Å². The van der Waals surface area contributed by atoms with Gasteiger partial charge in [-0.1, -0.05) is 54.6 Å². The molecule has 0 unspecified atom stereocenters. The number of hydrogen-bond donors (Lipinski definition) is 2. The zero-order chi connectivity index (χ0) is 15.1. The van der Waals surface area contributed by atoms with Gasteiger partial charge in [-0.3, -0.25) is 0 Å². The van der Waals surface area contributed by atoms with Crippen LogP contribution < -0.4 is 10.3 Å². The zero-order valence-corrected chi connectivity index (χ0v) is 12.4. The summed E-state index contributed by atoms with van der Waals surface area (Å²) < 4.78 is 24.3. The molecule has 0 fully saturated rings. The summed E-state index contributed by atoms with van der Waals surface area (Å²) in [5.41, 5.74) is 3.86. The summed E-state index contributed by atoms with van der Waals surface area (Å²) in [4.78, 5) is 2.66. The molecule has 1 atom stereocenters. The Balaban J connectivity index is 2.11. The molecule has 0 amide bonds. The van der Waals surface area contributed by atoms with Crippen LogP contribution in [0, 0.1) is 0 Å². The maximum atomic E-state index is 12.2. The molecule has 0 radical (unpaired) electrons. The standard InChI is InChI=1S/C16H18N2O2S/c1-2-9-16(14-10-5-3-6-11-14)17-18-21(19,20)15-12-7-4-8-13-15/h2-8,10-13,16-18H,1,9H2/t16-/m0/s1. The lowest BCUT2D eigenvalue weighted by molar-refractivity contribution is 0.494. The first-order chi connectivity index (χ1) is 10.1. The summed E-state index contributed by atoms with van der Waals surface area (Å²) >= 11 is 0. The van der Waals surface area contributed by atoms with E-state index >= 15 is 0 Å². The third-order valence-electron chi connectivity index (χ3n) is 3.03. The Morgan fingerprint density at radius 1 is 1.00 bits per heavy atom. The van der Waals surface area contributed by atoms with Crippen molar-refractivity contribution in [2.45, 2.75) is 17.4 Å². The van der Waals surface area contributed by atoms with Gasteiger partial charge in [0, 0.05) is 0 Å². The average molecular weight is 302 g/mol. The van der Waals surface area contributed by atoms with Gasteiger partial charge in [-0.25, -0.2) is 13.8 Å². The third kappa shape index (κ3) is 4.26. The smallest absolute Gasteiger partial charge is 0.236 e. The fourth-order valence-corrected chi connectivity index (χ4v) is 2.87. The maximum Gasteiger partial charge on any atom is 0.253 e. The van der Waals surface area contributed by atoms with Crippen LogP contribution in [0.25, 0.3) is 0 Å². The number of hydrogen-bond acceptors (Lipinski definition) is 3. The lowest BCUT2D eigenvalue weighted by Crippen LogP contribution is -2.39. The van der Waals surface area contributed by atoms with Crippen molar-refractivity contribution in [2.75, 3.05) is 0 Å². The van der Waals surface area contributed by atoms with Gasteiger partial charge in [0.1, 0.15) is 0 Å². The van der Waals surface area contributed by atoms with Crippen molar-refractivity contribution in [3.05, 3.63) is 78.9 Å². The lowest BCUT2D eigenvalue weighted by Gasteiger charge is -2.18. The first kappa shape index (κ1) is 15.4. The van der Waals surface area contributed by atoms with E-state index in [0.717, 1.165) is 5.56 Å². The van der Waals surface area contributed by atoms with Gasteiger partial charge < -0.3 is 0 Å². The molecule has 5 heteroatoms. The minimum absolute atomic E-state index is 0.165. The van der Waals surface area contributed by atoms with Gasteiger partial charge in [-0.2, -0.15) is 0 Å². The SMILES string of the molecule is C=CC[C@H](NNS(=O)(=O)c1ccccc1)c1ccccc1. The molecule has 4 nitrogen and oxygen atoms in total. The lowest BCUT2D eigenvalue weighted by atomic mass is 10.1. The molecule has 0 spiro atoms. The molecule has 0 aliphatic rings. The quantitative estimate of drug-likeness (QED) is 0.611. The van der Waals surface area contributed by atoms with Gasteiger partial charge >= 0.3 is 0 Å². The van der Waals surface area contributed by atoms with Crippen LogP contribution in [0.4, 0.5) is 0 Å². The van der Waals surface area contributed by atoms with Gasteiger partial charge in [-0.05, 0) is 24.1 Å². The van der Waals surface area contributed by atoms with Crippen LogP contribution in [-0.4, -0.2) is 8.42 Å². The first-order valence-electron chi connectivity index (χ1n) is 6.62. The van der Waals surface area contributed by atoms with Crippen LogP contribution in [0.1, 0.15) is 18.0 Å². The first-order valence-corrected chi connectivity index (χ1v) is 8.10. The topological polar surface area (TPSA) is 58.2 Å². The van der Waals surface area contributed by atoms with Crippen molar-refractivity contribution < 1.29 is 8.42 Å². The number of nitrogens with one attached hydrogen (secondary N) is 2. The highest BCUT2D eigenvalue weighted by atomic mass is 32.2. The molecule has 0 aromatic heterocycles.